The zero-order valence-electron chi connectivity index (χ0n) is 10.8. The molecule has 18 heavy (non-hydrogen) atoms. The van der Waals surface area contributed by atoms with E-state index in [0.717, 1.165) is 31.0 Å². The van der Waals surface area contributed by atoms with Crippen LogP contribution in [0.3, 0.4) is 0 Å². The fourth-order valence-electron chi connectivity index (χ4n) is 1.98. The second-order valence-electron chi connectivity index (χ2n) is 4.70. The Morgan fingerprint density at radius 3 is 2.89 bits per heavy atom. The Bertz CT molecular complexity index is 398. The minimum Gasteiger partial charge on any atom is -0.454 e. The maximum atomic E-state index is 5.81. The minimum absolute atomic E-state index is 0.0479. The van der Waals surface area contributed by atoms with E-state index >= 15 is 0 Å². The molecule has 1 aliphatic rings. The highest BCUT2D eigenvalue weighted by molar-refractivity contribution is 5.44. The summed E-state index contributed by atoms with van der Waals surface area (Å²) in [5.74, 6) is 1.67. The van der Waals surface area contributed by atoms with E-state index in [2.05, 4.69) is 18.0 Å². The molecule has 5 nitrogen and oxygen atoms in total. The second kappa shape index (κ2) is 6.04. The van der Waals surface area contributed by atoms with Crippen molar-refractivity contribution >= 4 is 0 Å². The van der Waals surface area contributed by atoms with Gasteiger partial charge in [0, 0.05) is 25.7 Å². The molecule has 0 saturated carbocycles. The number of ether oxygens (including phenoxy) is 2. The van der Waals surface area contributed by atoms with Gasteiger partial charge in [-0.25, -0.2) is 0 Å². The van der Waals surface area contributed by atoms with Crippen LogP contribution in [-0.4, -0.2) is 44.4 Å². The highest BCUT2D eigenvalue weighted by Gasteiger charge is 2.13. The molecule has 1 unspecified atom stereocenters. The van der Waals surface area contributed by atoms with Crippen molar-refractivity contribution in [1.29, 1.82) is 0 Å². The summed E-state index contributed by atoms with van der Waals surface area (Å²) in [4.78, 5) is 2.20. The number of nitrogens with two attached hydrogens (primary N) is 2. The molecule has 100 valence electrons. The summed E-state index contributed by atoms with van der Waals surface area (Å²) in [5, 5.41) is 0. The second-order valence-corrected chi connectivity index (χ2v) is 4.70. The lowest BCUT2D eigenvalue weighted by Crippen LogP contribution is -2.41. The monoisotopic (exact) mass is 251 g/mol. The number of nitrogens with zero attached hydrogens (tertiary/aromatic N) is 1. The van der Waals surface area contributed by atoms with Crippen LogP contribution in [0.25, 0.3) is 0 Å². The number of rotatable bonds is 6. The molecule has 1 aromatic carbocycles. The van der Waals surface area contributed by atoms with E-state index in [-0.39, 0.29) is 6.04 Å². The summed E-state index contributed by atoms with van der Waals surface area (Å²) in [5.41, 5.74) is 12.6. The summed E-state index contributed by atoms with van der Waals surface area (Å²) < 4.78 is 10.6. The SMILES string of the molecule is CN(CCc1ccc2c(c1)OCO2)CC(N)CN. The maximum Gasteiger partial charge on any atom is 0.231 e. The molecule has 4 N–H and O–H groups in total. The van der Waals surface area contributed by atoms with E-state index in [1.807, 2.05) is 12.1 Å². The molecule has 0 aromatic heterocycles. The third kappa shape index (κ3) is 3.35. The number of hydrogen-bond acceptors (Lipinski definition) is 5. The van der Waals surface area contributed by atoms with Crippen LogP contribution < -0.4 is 20.9 Å². The Kier molecular flexibility index (Phi) is 4.41. The summed E-state index contributed by atoms with van der Waals surface area (Å²) in [6, 6.07) is 6.12. The lowest BCUT2D eigenvalue weighted by Gasteiger charge is -2.20. The molecule has 0 saturated heterocycles. The molecule has 1 aliphatic heterocycles. The van der Waals surface area contributed by atoms with Gasteiger partial charge in [-0.15, -0.1) is 0 Å². The van der Waals surface area contributed by atoms with E-state index in [0.29, 0.717) is 13.3 Å². The van der Waals surface area contributed by atoms with Crippen LogP contribution in [-0.2, 0) is 6.42 Å². The average Bonchev–Trinajstić information content (AvgIpc) is 2.83. The largest absolute Gasteiger partial charge is 0.454 e. The molecule has 2 rings (SSSR count). The van der Waals surface area contributed by atoms with Crippen molar-refractivity contribution in [3.8, 4) is 11.5 Å². The van der Waals surface area contributed by atoms with Crippen LogP contribution >= 0.6 is 0 Å². The Morgan fingerprint density at radius 2 is 2.11 bits per heavy atom. The van der Waals surface area contributed by atoms with Crippen molar-refractivity contribution in [1.82, 2.24) is 4.90 Å². The van der Waals surface area contributed by atoms with E-state index in [1.54, 1.807) is 0 Å². The van der Waals surface area contributed by atoms with E-state index in [1.165, 1.54) is 5.56 Å². The van der Waals surface area contributed by atoms with Crippen LogP contribution in [0.4, 0.5) is 0 Å². The van der Waals surface area contributed by atoms with Crippen molar-refractivity contribution in [2.45, 2.75) is 12.5 Å². The van der Waals surface area contributed by atoms with Crippen LogP contribution in [0.2, 0.25) is 0 Å². The van der Waals surface area contributed by atoms with Gasteiger partial charge in [0.25, 0.3) is 0 Å². The van der Waals surface area contributed by atoms with Crippen LogP contribution in [0.15, 0.2) is 18.2 Å². The summed E-state index contributed by atoms with van der Waals surface area (Å²) in [7, 11) is 2.06. The molecule has 5 heteroatoms. The van der Waals surface area contributed by atoms with E-state index in [4.69, 9.17) is 20.9 Å². The van der Waals surface area contributed by atoms with Gasteiger partial charge in [0.2, 0.25) is 6.79 Å². The Hall–Kier alpha value is -1.30. The Morgan fingerprint density at radius 1 is 1.33 bits per heavy atom. The first-order valence-corrected chi connectivity index (χ1v) is 6.21. The van der Waals surface area contributed by atoms with Crippen molar-refractivity contribution in [2.75, 3.05) is 33.5 Å². The van der Waals surface area contributed by atoms with Crippen LogP contribution in [0, 0.1) is 0 Å². The fourth-order valence-corrected chi connectivity index (χ4v) is 1.98. The zero-order valence-corrected chi connectivity index (χ0v) is 10.8. The van der Waals surface area contributed by atoms with Gasteiger partial charge in [0.15, 0.2) is 11.5 Å². The van der Waals surface area contributed by atoms with Gasteiger partial charge in [0.05, 0.1) is 0 Å². The summed E-state index contributed by atoms with van der Waals surface area (Å²) in [6.45, 7) is 2.62. The normalized spacial score (nSPS) is 15.1. The van der Waals surface area contributed by atoms with Gasteiger partial charge in [-0.1, -0.05) is 6.07 Å². The van der Waals surface area contributed by atoms with Crippen molar-refractivity contribution < 1.29 is 9.47 Å². The summed E-state index contributed by atoms with van der Waals surface area (Å²) >= 11 is 0. The van der Waals surface area contributed by atoms with Crippen molar-refractivity contribution in [2.24, 2.45) is 11.5 Å². The molecule has 0 spiro atoms. The molecule has 0 bridgehead atoms. The van der Waals surface area contributed by atoms with Gasteiger partial charge in [-0.2, -0.15) is 0 Å². The predicted octanol–water partition coefficient (Wildman–Crippen LogP) is 0.176. The van der Waals surface area contributed by atoms with Gasteiger partial charge >= 0.3 is 0 Å². The molecule has 0 radical (unpaired) electrons. The van der Waals surface area contributed by atoms with Gasteiger partial charge < -0.3 is 25.8 Å². The first-order chi connectivity index (χ1) is 8.69. The smallest absolute Gasteiger partial charge is 0.231 e. The molecular formula is C13H21N3O2. The third-order valence-electron chi connectivity index (χ3n) is 3.07. The molecule has 1 heterocycles. The average molecular weight is 251 g/mol. The lowest BCUT2D eigenvalue weighted by molar-refractivity contribution is 0.174. The molecule has 1 atom stereocenters. The van der Waals surface area contributed by atoms with E-state index < -0.39 is 0 Å². The lowest BCUT2D eigenvalue weighted by atomic mass is 10.1. The zero-order chi connectivity index (χ0) is 13.0. The van der Waals surface area contributed by atoms with E-state index in [9.17, 15) is 0 Å². The molecule has 1 aromatic rings. The highest BCUT2D eigenvalue weighted by Crippen LogP contribution is 2.32. The standard InChI is InChI=1S/C13H21N3O2/c1-16(8-11(15)7-14)5-4-10-2-3-12-13(6-10)18-9-17-12/h2-3,6,11H,4-5,7-9,14-15H2,1H3. The highest BCUT2D eigenvalue weighted by atomic mass is 16.7. The van der Waals surface area contributed by atoms with Gasteiger partial charge in [-0.3, -0.25) is 0 Å². The number of fused-ring (bicyclic) bond motifs is 1. The Labute approximate surface area is 108 Å². The quantitative estimate of drug-likeness (QED) is 0.754. The predicted molar refractivity (Wildman–Crippen MR) is 70.8 cm³/mol. The first-order valence-electron chi connectivity index (χ1n) is 6.21. The minimum atomic E-state index is 0.0479. The van der Waals surface area contributed by atoms with Gasteiger partial charge in [0.1, 0.15) is 0 Å². The van der Waals surface area contributed by atoms with Gasteiger partial charge in [-0.05, 0) is 31.2 Å². The summed E-state index contributed by atoms with van der Waals surface area (Å²) in [6.07, 6.45) is 0.963. The number of hydrogen-bond donors (Lipinski definition) is 2. The molecule has 0 amide bonds. The number of benzene rings is 1. The number of likely N-dealkylation sites (N-methyl/N-ethyl adjacent to an activating group) is 1. The fraction of sp³-hybridized carbons (Fsp3) is 0.538. The molecule has 0 fully saturated rings. The third-order valence-corrected chi connectivity index (χ3v) is 3.07. The van der Waals surface area contributed by atoms with Crippen molar-refractivity contribution in [3.05, 3.63) is 23.8 Å². The van der Waals surface area contributed by atoms with Crippen LogP contribution in [0.5, 0.6) is 11.5 Å². The van der Waals surface area contributed by atoms with Crippen molar-refractivity contribution in [3.63, 3.8) is 0 Å². The topological polar surface area (TPSA) is 73.7 Å². The van der Waals surface area contributed by atoms with Crippen LogP contribution in [0.1, 0.15) is 5.56 Å². The first kappa shape index (κ1) is 13.1. The Balaban J connectivity index is 1.83. The maximum absolute atomic E-state index is 5.81. The molecule has 0 aliphatic carbocycles. The molecular weight excluding hydrogens is 230 g/mol.